The Bertz CT molecular complexity index is 1680. The number of aliphatic carboxylic acids is 1. The number of aromatic nitrogens is 1. The average molecular weight is 711 g/mol. The molecule has 0 radical (unpaired) electrons. The summed E-state index contributed by atoms with van der Waals surface area (Å²) in [5.41, 5.74) is 13.0. The zero-order valence-corrected chi connectivity index (χ0v) is 29.5. The minimum atomic E-state index is -1.58. The first-order valence-corrected chi connectivity index (χ1v) is 17.6. The minimum absolute atomic E-state index is 0.0145. The molecular weight excluding hydrogens is 664 g/mol. The van der Waals surface area contributed by atoms with Gasteiger partial charge in [-0.05, 0) is 62.3 Å². The third-order valence-corrected chi connectivity index (χ3v) is 8.82. The monoisotopic (exact) mass is 710 g/mol. The first-order valence-electron chi connectivity index (χ1n) is 16.2. The standard InChI is InChI=1S/C35H46N6O8S/c1-5-35(2,3)49-34(48)41-20-22(23-13-9-10-14-28(23)41)18-24(36)31(45)38-25(15-16-50-4)32(46)40-27(19-29(42)43)33(47)39-26(30(37)44)17-21-11-7-6-8-12-21/h6-14,20,24-27H,5,15-19,36H2,1-4H3,(H2,37,44)(H,38,45)(H,39,47)(H,40,46)(H,42,43)/t24-,25-,26-,27-/m0/s1. The van der Waals surface area contributed by atoms with Gasteiger partial charge in [-0.15, -0.1) is 0 Å². The molecule has 4 amide bonds. The highest BCUT2D eigenvalue weighted by molar-refractivity contribution is 7.98. The molecule has 0 aliphatic rings. The Morgan fingerprint density at radius 2 is 1.48 bits per heavy atom. The molecule has 0 fully saturated rings. The number of carboxylic acids is 1. The number of carbonyl (C=O) groups is 6. The summed E-state index contributed by atoms with van der Waals surface area (Å²) in [6, 6.07) is 10.8. The highest BCUT2D eigenvalue weighted by atomic mass is 32.2. The number of para-hydroxylation sites is 1. The molecule has 3 aromatic rings. The number of carbonyl (C=O) groups excluding carboxylic acids is 5. The number of ether oxygens (including phenoxy) is 1. The van der Waals surface area contributed by atoms with Crippen LogP contribution in [-0.2, 0) is 41.6 Å². The number of hydrogen-bond acceptors (Lipinski definition) is 9. The molecule has 1 heterocycles. The molecule has 0 spiro atoms. The number of nitrogens with zero attached hydrogens (tertiary/aromatic N) is 1. The fourth-order valence-electron chi connectivity index (χ4n) is 5.04. The van der Waals surface area contributed by atoms with Crippen LogP contribution in [0.1, 0.15) is 51.2 Å². The summed E-state index contributed by atoms with van der Waals surface area (Å²) in [6.45, 7) is 5.52. The highest BCUT2D eigenvalue weighted by Crippen LogP contribution is 2.24. The lowest BCUT2D eigenvalue weighted by atomic mass is 10.0. The van der Waals surface area contributed by atoms with Crippen molar-refractivity contribution in [3.63, 3.8) is 0 Å². The van der Waals surface area contributed by atoms with Gasteiger partial charge in [0.25, 0.3) is 0 Å². The van der Waals surface area contributed by atoms with Gasteiger partial charge in [0.05, 0.1) is 18.0 Å². The molecular formula is C35H46N6O8S. The third-order valence-electron chi connectivity index (χ3n) is 8.18. The Labute approximate surface area is 295 Å². The van der Waals surface area contributed by atoms with E-state index in [1.807, 2.05) is 27.0 Å². The van der Waals surface area contributed by atoms with Crippen molar-refractivity contribution in [3.05, 3.63) is 71.9 Å². The van der Waals surface area contributed by atoms with E-state index in [-0.39, 0.29) is 19.3 Å². The van der Waals surface area contributed by atoms with E-state index in [1.165, 1.54) is 16.3 Å². The Balaban J connectivity index is 1.75. The molecule has 14 nitrogen and oxygen atoms in total. The molecule has 270 valence electrons. The maximum absolute atomic E-state index is 13.5. The molecule has 50 heavy (non-hydrogen) atoms. The van der Waals surface area contributed by atoms with Gasteiger partial charge >= 0.3 is 12.1 Å². The summed E-state index contributed by atoms with van der Waals surface area (Å²) in [5, 5.41) is 17.7. The van der Waals surface area contributed by atoms with Crippen molar-refractivity contribution in [1.82, 2.24) is 20.5 Å². The van der Waals surface area contributed by atoms with E-state index in [4.69, 9.17) is 16.2 Å². The highest BCUT2D eigenvalue weighted by Gasteiger charge is 2.32. The predicted molar refractivity (Wildman–Crippen MR) is 190 cm³/mol. The molecule has 0 saturated carbocycles. The van der Waals surface area contributed by atoms with E-state index in [0.29, 0.717) is 34.2 Å². The summed E-state index contributed by atoms with van der Waals surface area (Å²) < 4.78 is 7.05. The van der Waals surface area contributed by atoms with Crippen LogP contribution in [0, 0.1) is 0 Å². The number of thioether (sulfide) groups is 1. The van der Waals surface area contributed by atoms with E-state index in [9.17, 15) is 33.9 Å². The van der Waals surface area contributed by atoms with Gasteiger partial charge in [0.1, 0.15) is 23.7 Å². The number of rotatable bonds is 18. The summed E-state index contributed by atoms with van der Waals surface area (Å²) in [6.07, 6.45) is 2.83. The Hall–Kier alpha value is -4.89. The minimum Gasteiger partial charge on any atom is -0.481 e. The Kier molecular flexibility index (Phi) is 14.4. The number of nitrogens with two attached hydrogens (primary N) is 2. The van der Waals surface area contributed by atoms with Gasteiger partial charge in [-0.2, -0.15) is 11.8 Å². The summed E-state index contributed by atoms with van der Waals surface area (Å²) in [5.74, 6) is -4.19. The quantitative estimate of drug-likeness (QED) is 0.113. The second-order valence-corrected chi connectivity index (χ2v) is 13.5. The first-order chi connectivity index (χ1) is 23.6. The lowest BCUT2D eigenvalue weighted by molar-refractivity contribution is -0.141. The molecule has 0 aliphatic carbocycles. The smallest absolute Gasteiger partial charge is 0.419 e. The van der Waals surface area contributed by atoms with Crippen LogP contribution in [0.25, 0.3) is 10.9 Å². The average Bonchev–Trinajstić information content (AvgIpc) is 3.44. The zero-order valence-electron chi connectivity index (χ0n) is 28.6. The van der Waals surface area contributed by atoms with Crippen molar-refractivity contribution < 1.29 is 38.6 Å². The largest absolute Gasteiger partial charge is 0.481 e. The lowest BCUT2D eigenvalue weighted by Crippen LogP contribution is -2.58. The second-order valence-electron chi connectivity index (χ2n) is 12.5. The van der Waals surface area contributed by atoms with E-state index < -0.39 is 71.9 Å². The van der Waals surface area contributed by atoms with Crippen LogP contribution >= 0.6 is 11.8 Å². The summed E-state index contributed by atoms with van der Waals surface area (Å²) in [7, 11) is 0. The van der Waals surface area contributed by atoms with Crippen molar-refractivity contribution in [2.45, 2.75) is 82.6 Å². The SMILES string of the molecule is CCC(C)(C)OC(=O)n1cc(C[C@H](N)C(=O)N[C@@H](CCSC)C(=O)N[C@@H](CC(=O)O)C(=O)N[C@@H](Cc2ccccc2)C(N)=O)c2ccccc21. The molecule has 15 heteroatoms. The van der Waals surface area contributed by atoms with Crippen LogP contribution in [0.4, 0.5) is 4.79 Å². The number of nitrogens with one attached hydrogen (secondary N) is 3. The first kappa shape index (κ1) is 39.5. The maximum Gasteiger partial charge on any atom is 0.419 e. The fraction of sp³-hybridized carbons (Fsp3) is 0.429. The predicted octanol–water partition coefficient (Wildman–Crippen LogP) is 2.09. The molecule has 0 saturated heterocycles. The van der Waals surface area contributed by atoms with Crippen LogP contribution in [0.3, 0.4) is 0 Å². The van der Waals surface area contributed by atoms with Gasteiger partial charge < -0.3 is 37.3 Å². The zero-order chi connectivity index (χ0) is 37.0. The summed E-state index contributed by atoms with van der Waals surface area (Å²) in [4.78, 5) is 76.9. The van der Waals surface area contributed by atoms with Gasteiger partial charge in [0.2, 0.25) is 23.6 Å². The van der Waals surface area contributed by atoms with Crippen LogP contribution in [0.5, 0.6) is 0 Å². The van der Waals surface area contributed by atoms with E-state index in [2.05, 4.69) is 16.0 Å². The number of hydrogen-bond donors (Lipinski definition) is 6. The lowest BCUT2D eigenvalue weighted by Gasteiger charge is -2.25. The second kappa shape index (κ2) is 18.2. The number of primary amides is 1. The van der Waals surface area contributed by atoms with Gasteiger partial charge in [-0.3, -0.25) is 28.5 Å². The van der Waals surface area contributed by atoms with Crippen LogP contribution in [-0.4, -0.2) is 87.1 Å². The Morgan fingerprint density at radius 1 is 0.880 bits per heavy atom. The van der Waals surface area contributed by atoms with E-state index >= 15 is 0 Å². The molecule has 3 rings (SSSR count). The van der Waals surface area contributed by atoms with Gasteiger partial charge in [-0.25, -0.2) is 4.79 Å². The van der Waals surface area contributed by atoms with Crippen molar-refractivity contribution in [2.24, 2.45) is 11.5 Å². The maximum atomic E-state index is 13.5. The van der Waals surface area contributed by atoms with Gasteiger partial charge in [-0.1, -0.05) is 55.5 Å². The molecule has 8 N–H and O–H groups in total. The molecule has 1 aromatic heterocycles. The van der Waals surface area contributed by atoms with Crippen molar-refractivity contribution in [2.75, 3.05) is 12.0 Å². The molecule has 0 aliphatic heterocycles. The van der Waals surface area contributed by atoms with E-state index in [1.54, 1.807) is 60.8 Å². The van der Waals surface area contributed by atoms with Crippen molar-refractivity contribution in [3.8, 4) is 0 Å². The van der Waals surface area contributed by atoms with Crippen LogP contribution in [0.2, 0.25) is 0 Å². The number of fused-ring (bicyclic) bond motifs is 1. The number of amides is 4. The third kappa shape index (κ3) is 11.3. The van der Waals surface area contributed by atoms with Crippen molar-refractivity contribution in [1.29, 1.82) is 0 Å². The fourth-order valence-corrected chi connectivity index (χ4v) is 5.51. The normalized spacial score (nSPS) is 13.8. The van der Waals surface area contributed by atoms with Gasteiger partial charge in [0, 0.05) is 18.0 Å². The molecule has 2 aromatic carbocycles. The van der Waals surface area contributed by atoms with Gasteiger partial charge in [0.15, 0.2) is 0 Å². The molecule has 4 atom stereocenters. The topological polar surface area (TPSA) is 225 Å². The van der Waals surface area contributed by atoms with E-state index in [0.717, 1.165) is 0 Å². The van der Waals surface area contributed by atoms with Crippen molar-refractivity contribution >= 4 is 58.4 Å². The number of benzene rings is 2. The number of carboxylic acid groups (broad SMARTS) is 1. The Morgan fingerprint density at radius 3 is 2.10 bits per heavy atom. The molecule has 0 bridgehead atoms. The van der Waals surface area contributed by atoms with Crippen LogP contribution < -0.4 is 27.4 Å². The summed E-state index contributed by atoms with van der Waals surface area (Å²) >= 11 is 1.41. The molecule has 0 unspecified atom stereocenters. The van der Waals surface area contributed by atoms with Crippen LogP contribution in [0.15, 0.2) is 60.8 Å².